The highest BCUT2D eigenvalue weighted by Gasteiger charge is 2.25. The van der Waals surface area contributed by atoms with Crippen molar-refractivity contribution in [3.05, 3.63) is 82.9 Å². The maximum atomic E-state index is 13.5. The van der Waals surface area contributed by atoms with Crippen LogP contribution in [0.3, 0.4) is 0 Å². The van der Waals surface area contributed by atoms with Crippen LogP contribution >= 0.6 is 11.6 Å². The van der Waals surface area contributed by atoms with Crippen molar-refractivity contribution in [3.63, 3.8) is 0 Å². The van der Waals surface area contributed by atoms with E-state index in [1.165, 1.54) is 12.1 Å². The van der Waals surface area contributed by atoms with E-state index in [0.717, 1.165) is 25.9 Å². The van der Waals surface area contributed by atoms with Crippen LogP contribution in [-0.4, -0.2) is 34.5 Å². The molecule has 4 rings (SSSR count). The first kappa shape index (κ1) is 26.1. The molecule has 1 aliphatic rings. The van der Waals surface area contributed by atoms with Gasteiger partial charge in [0.2, 0.25) is 0 Å². The van der Waals surface area contributed by atoms with Gasteiger partial charge in [-0.2, -0.15) is 5.26 Å². The van der Waals surface area contributed by atoms with E-state index in [1.54, 1.807) is 67.8 Å². The van der Waals surface area contributed by atoms with Crippen LogP contribution in [0.1, 0.15) is 18.4 Å². The lowest BCUT2D eigenvalue weighted by Crippen LogP contribution is -2.23. The molecule has 2 N–H and O–H groups in total. The average molecular weight is 537 g/mol. The summed E-state index contributed by atoms with van der Waals surface area (Å²) in [7, 11) is -2.51. The summed E-state index contributed by atoms with van der Waals surface area (Å²) in [5.41, 5.74) is 1.53. The first-order valence-electron chi connectivity index (χ1n) is 11.5. The summed E-state index contributed by atoms with van der Waals surface area (Å²) in [5, 5.41) is 12.5. The molecule has 0 spiro atoms. The van der Waals surface area contributed by atoms with Crippen LogP contribution in [0.2, 0.25) is 5.02 Å². The van der Waals surface area contributed by atoms with Gasteiger partial charge in [0.25, 0.3) is 15.9 Å². The molecule has 8 nitrogen and oxygen atoms in total. The molecule has 1 heterocycles. The predicted octanol–water partition coefficient (Wildman–Crippen LogP) is 5.30. The van der Waals surface area contributed by atoms with Crippen molar-refractivity contribution < 1.29 is 17.9 Å². The van der Waals surface area contributed by atoms with E-state index in [2.05, 4.69) is 10.0 Å². The van der Waals surface area contributed by atoms with Crippen molar-refractivity contribution in [2.75, 3.05) is 35.1 Å². The molecule has 10 heteroatoms. The molecule has 0 unspecified atom stereocenters. The van der Waals surface area contributed by atoms with Crippen molar-refractivity contribution in [3.8, 4) is 11.8 Å². The molecule has 0 aromatic heterocycles. The number of carbonyl (C=O) groups excluding carboxylic acids is 1. The Morgan fingerprint density at radius 3 is 2.43 bits per heavy atom. The lowest BCUT2D eigenvalue weighted by atomic mass is 10.1. The summed E-state index contributed by atoms with van der Waals surface area (Å²) >= 11 is 6.18. The summed E-state index contributed by atoms with van der Waals surface area (Å²) in [6, 6.07) is 20.0. The standard InChI is InChI=1S/C27H25ClN4O4S/c1-36-22-11-8-19(9-12-22)16-20(18-29)27(33)30-21-10-13-25(32-14-4-5-15-32)26(17-21)37(34,35)31-24-7-3-2-6-23(24)28/h2-3,6-13,16-17,31H,4-5,14-15H2,1H3,(H,30,33)/b20-16-. The molecule has 1 saturated heterocycles. The normalized spacial score (nSPS) is 13.6. The molecule has 0 aliphatic carbocycles. The fourth-order valence-corrected chi connectivity index (χ4v) is 5.56. The molecule has 37 heavy (non-hydrogen) atoms. The Kier molecular flexibility index (Phi) is 8.01. The number of anilines is 3. The largest absolute Gasteiger partial charge is 0.497 e. The maximum Gasteiger partial charge on any atom is 0.266 e. The van der Waals surface area contributed by atoms with E-state index in [-0.39, 0.29) is 26.9 Å². The average Bonchev–Trinajstić information content (AvgIpc) is 3.44. The number of amides is 1. The summed E-state index contributed by atoms with van der Waals surface area (Å²) < 4.78 is 34.6. The van der Waals surface area contributed by atoms with E-state index in [4.69, 9.17) is 16.3 Å². The van der Waals surface area contributed by atoms with Crippen LogP contribution in [0, 0.1) is 11.3 Å². The van der Waals surface area contributed by atoms with Crippen LogP contribution in [-0.2, 0) is 14.8 Å². The van der Waals surface area contributed by atoms with Gasteiger partial charge in [-0.3, -0.25) is 9.52 Å². The fourth-order valence-electron chi connectivity index (χ4n) is 3.98. The van der Waals surface area contributed by atoms with Gasteiger partial charge in [0.05, 0.1) is 23.5 Å². The summed E-state index contributed by atoms with van der Waals surface area (Å²) in [6.45, 7) is 1.45. The highest BCUT2D eigenvalue weighted by atomic mass is 35.5. The van der Waals surface area contributed by atoms with Crippen molar-refractivity contribution in [2.45, 2.75) is 17.7 Å². The van der Waals surface area contributed by atoms with Gasteiger partial charge in [0, 0.05) is 18.8 Å². The lowest BCUT2D eigenvalue weighted by molar-refractivity contribution is -0.112. The number of sulfonamides is 1. The van der Waals surface area contributed by atoms with Crippen LogP contribution < -0.4 is 19.7 Å². The zero-order valence-corrected chi connectivity index (χ0v) is 21.6. The van der Waals surface area contributed by atoms with E-state index in [9.17, 15) is 18.5 Å². The highest BCUT2D eigenvalue weighted by molar-refractivity contribution is 7.93. The van der Waals surface area contributed by atoms with Crippen LogP contribution in [0.5, 0.6) is 5.75 Å². The molecule has 0 bridgehead atoms. The topological polar surface area (TPSA) is 112 Å². The SMILES string of the molecule is COc1ccc(/C=C(/C#N)C(=O)Nc2ccc(N3CCCC3)c(S(=O)(=O)Nc3ccccc3Cl)c2)cc1. The second kappa shape index (κ2) is 11.4. The molecular formula is C27H25ClN4O4S. The first-order valence-corrected chi connectivity index (χ1v) is 13.4. The Morgan fingerprint density at radius 1 is 1.08 bits per heavy atom. The van der Waals surface area contributed by atoms with Gasteiger partial charge in [0.15, 0.2) is 0 Å². The van der Waals surface area contributed by atoms with E-state index in [1.807, 2.05) is 11.0 Å². The fraction of sp³-hybridized carbons (Fsp3) is 0.185. The minimum atomic E-state index is -4.06. The zero-order valence-electron chi connectivity index (χ0n) is 20.1. The molecule has 1 aliphatic heterocycles. The first-order chi connectivity index (χ1) is 17.8. The molecular weight excluding hydrogens is 512 g/mol. The number of hydrogen-bond acceptors (Lipinski definition) is 6. The summed E-state index contributed by atoms with van der Waals surface area (Å²) in [6.07, 6.45) is 3.36. The van der Waals surface area contributed by atoms with Crippen molar-refractivity contribution in [2.24, 2.45) is 0 Å². The van der Waals surface area contributed by atoms with Crippen molar-refractivity contribution in [1.82, 2.24) is 0 Å². The molecule has 0 saturated carbocycles. The molecule has 190 valence electrons. The molecule has 3 aromatic carbocycles. The Labute approximate surface area is 221 Å². The van der Waals surface area contributed by atoms with Gasteiger partial charge >= 0.3 is 0 Å². The van der Waals surface area contributed by atoms with E-state index in [0.29, 0.717) is 17.0 Å². The Hall–Kier alpha value is -4.00. The monoisotopic (exact) mass is 536 g/mol. The van der Waals surface area contributed by atoms with E-state index >= 15 is 0 Å². The van der Waals surface area contributed by atoms with Gasteiger partial charge in [-0.15, -0.1) is 0 Å². The number of para-hydroxylation sites is 1. The number of carbonyl (C=O) groups is 1. The lowest BCUT2D eigenvalue weighted by Gasteiger charge is -2.22. The van der Waals surface area contributed by atoms with Gasteiger partial charge in [-0.05, 0) is 66.9 Å². The van der Waals surface area contributed by atoms with Gasteiger partial charge < -0.3 is 15.0 Å². The quantitative estimate of drug-likeness (QED) is 0.299. The zero-order chi connectivity index (χ0) is 26.4. The summed E-state index contributed by atoms with van der Waals surface area (Å²) in [4.78, 5) is 14.9. The highest BCUT2D eigenvalue weighted by Crippen LogP contribution is 2.33. The number of ether oxygens (including phenoxy) is 1. The number of nitriles is 1. The number of methoxy groups -OCH3 is 1. The number of nitrogens with one attached hydrogen (secondary N) is 2. The second-order valence-electron chi connectivity index (χ2n) is 8.36. The molecule has 0 atom stereocenters. The number of rotatable bonds is 8. The third-order valence-electron chi connectivity index (χ3n) is 5.86. The molecule has 1 fully saturated rings. The van der Waals surface area contributed by atoms with E-state index < -0.39 is 15.9 Å². The minimum Gasteiger partial charge on any atom is -0.497 e. The van der Waals surface area contributed by atoms with Crippen LogP contribution in [0.4, 0.5) is 17.1 Å². The van der Waals surface area contributed by atoms with Crippen LogP contribution in [0.15, 0.2) is 77.2 Å². The third-order valence-corrected chi connectivity index (χ3v) is 7.59. The maximum absolute atomic E-state index is 13.5. The summed E-state index contributed by atoms with van der Waals surface area (Å²) in [5.74, 6) is -0.00742. The van der Waals surface area contributed by atoms with Crippen LogP contribution in [0.25, 0.3) is 6.08 Å². The van der Waals surface area contributed by atoms with Crippen molar-refractivity contribution >= 4 is 50.7 Å². The molecule has 3 aromatic rings. The predicted molar refractivity (Wildman–Crippen MR) is 145 cm³/mol. The molecule has 0 radical (unpaired) electrons. The Balaban J connectivity index is 1.65. The third kappa shape index (κ3) is 6.23. The van der Waals surface area contributed by atoms with Gasteiger partial charge in [0.1, 0.15) is 22.3 Å². The minimum absolute atomic E-state index is 0.00441. The Morgan fingerprint density at radius 2 is 1.78 bits per heavy atom. The smallest absolute Gasteiger partial charge is 0.266 e. The Bertz CT molecular complexity index is 1470. The number of hydrogen-bond donors (Lipinski definition) is 2. The van der Waals surface area contributed by atoms with Gasteiger partial charge in [-0.25, -0.2) is 8.42 Å². The molecule has 1 amide bonds. The number of halogens is 1. The van der Waals surface area contributed by atoms with Gasteiger partial charge in [-0.1, -0.05) is 35.9 Å². The number of benzene rings is 3. The van der Waals surface area contributed by atoms with Crippen molar-refractivity contribution in [1.29, 1.82) is 5.26 Å². The second-order valence-corrected chi connectivity index (χ2v) is 10.4. The number of nitrogens with zero attached hydrogens (tertiary/aromatic N) is 2.